The van der Waals surface area contributed by atoms with Crippen LogP contribution in [0.2, 0.25) is 0 Å². The molecule has 2 aromatic carbocycles. The van der Waals surface area contributed by atoms with E-state index in [0.717, 1.165) is 5.56 Å². The Bertz CT molecular complexity index is 1010. The van der Waals surface area contributed by atoms with Crippen LogP contribution in [0.3, 0.4) is 0 Å². The van der Waals surface area contributed by atoms with E-state index in [1.807, 2.05) is 24.3 Å². The molecule has 0 N–H and O–H groups in total. The molecule has 0 bridgehead atoms. The number of carbonyl (C=O) groups excluding carboxylic acids is 1. The smallest absolute Gasteiger partial charge is 0.282 e. The zero-order chi connectivity index (χ0) is 20.4. The second kappa shape index (κ2) is 8.22. The highest BCUT2D eigenvalue weighted by molar-refractivity contribution is 7.86. The number of rotatable bonds is 3. The molecule has 2 aliphatic heterocycles. The predicted octanol–water partition coefficient (Wildman–Crippen LogP) is 2.28. The molecule has 1 amide bonds. The highest BCUT2D eigenvalue weighted by Gasteiger charge is 2.34. The van der Waals surface area contributed by atoms with Crippen molar-refractivity contribution in [1.82, 2.24) is 13.5 Å². The van der Waals surface area contributed by atoms with Gasteiger partial charge in [0.2, 0.25) is 0 Å². The molecule has 29 heavy (non-hydrogen) atoms. The van der Waals surface area contributed by atoms with Crippen molar-refractivity contribution in [2.24, 2.45) is 0 Å². The summed E-state index contributed by atoms with van der Waals surface area (Å²) in [7, 11) is -3.62. The molecular formula is C21H24FN3O3S. The Morgan fingerprint density at radius 1 is 0.828 bits per heavy atom. The number of amides is 1. The lowest BCUT2D eigenvalue weighted by molar-refractivity contribution is 0.0759. The zero-order valence-corrected chi connectivity index (χ0v) is 16.9. The zero-order valence-electron chi connectivity index (χ0n) is 16.1. The highest BCUT2D eigenvalue weighted by atomic mass is 32.2. The molecule has 2 heterocycles. The molecule has 0 unspecified atom stereocenters. The van der Waals surface area contributed by atoms with Crippen LogP contribution in [0.1, 0.15) is 27.9 Å². The van der Waals surface area contributed by atoms with Crippen molar-refractivity contribution in [3.05, 3.63) is 71.0 Å². The first-order valence-corrected chi connectivity index (χ1v) is 11.2. The fraction of sp³-hybridized carbons (Fsp3) is 0.381. The van der Waals surface area contributed by atoms with Crippen molar-refractivity contribution in [1.29, 1.82) is 0 Å². The van der Waals surface area contributed by atoms with Gasteiger partial charge in [-0.2, -0.15) is 17.0 Å². The van der Waals surface area contributed by atoms with Crippen LogP contribution >= 0.6 is 0 Å². The van der Waals surface area contributed by atoms with Crippen molar-refractivity contribution in [2.75, 3.05) is 32.7 Å². The Morgan fingerprint density at radius 3 is 2.34 bits per heavy atom. The molecule has 6 nitrogen and oxygen atoms in total. The third kappa shape index (κ3) is 4.05. The lowest BCUT2D eigenvalue weighted by Crippen LogP contribution is -2.47. The topological polar surface area (TPSA) is 60.9 Å². The Kier molecular flexibility index (Phi) is 5.67. The van der Waals surface area contributed by atoms with Gasteiger partial charge in [0, 0.05) is 39.3 Å². The van der Waals surface area contributed by atoms with Crippen molar-refractivity contribution in [2.45, 2.75) is 19.4 Å². The quantitative estimate of drug-likeness (QED) is 0.770. The van der Waals surface area contributed by atoms with Gasteiger partial charge in [-0.3, -0.25) is 4.79 Å². The van der Waals surface area contributed by atoms with Crippen molar-refractivity contribution >= 4 is 16.1 Å². The van der Waals surface area contributed by atoms with Crippen LogP contribution in [-0.4, -0.2) is 60.6 Å². The lowest BCUT2D eigenvalue weighted by Gasteiger charge is -2.32. The average molecular weight is 418 g/mol. The molecule has 0 radical (unpaired) electrons. The van der Waals surface area contributed by atoms with E-state index in [9.17, 15) is 17.6 Å². The first-order valence-electron chi connectivity index (χ1n) is 9.82. The third-order valence-corrected chi connectivity index (χ3v) is 7.58. The van der Waals surface area contributed by atoms with Crippen LogP contribution in [0.4, 0.5) is 4.39 Å². The van der Waals surface area contributed by atoms with Crippen LogP contribution in [0, 0.1) is 5.82 Å². The molecule has 4 rings (SSSR count). The lowest BCUT2D eigenvalue weighted by atomic mass is 10.0. The second-order valence-corrected chi connectivity index (χ2v) is 9.31. The van der Waals surface area contributed by atoms with Crippen LogP contribution in [-0.2, 0) is 23.2 Å². The van der Waals surface area contributed by atoms with E-state index in [2.05, 4.69) is 0 Å². The van der Waals surface area contributed by atoms with Gasteiger partial charge >= 0.3 is 0 Å². The Hall–Kier alpha value is -2.29. The number of nitrogens with zero attached hydrogens (tertiary/aromatic N) is 3. The fourth-order valence-electron chi connectivity index (χ4n) is 3.96. The van der Waals surface area contributed by atoms with Crippen LogP contribution in [0.15, 0.2) is 48.5 Å². The molecule has 0 saturated carbocycles. The summed E-state index contributed by atoms with van der Waals surface area (Å²) in [5, 5.41) is 0. The highest BCUT2D eigenvalue weighted by Crippen LogP contribution is 2.23. The second-order valence-electron chi connectivity index (χ2n) is 7.38. The summed E-state index contributed by atoms with van der Waals surface area (Å²) in [6, 6.07) is 13.8. The maximum absolute atomic E-state index is 14.0. The molecule has 2 aliphatic rings. The predicted molar refractivity (Wildman–Crippen MR) is 108 cm³/mol. The molecule has 154 valence electrons. The molecular weight excluding hydrogens is 393 g/mol. The van der Waals surface area contributed by atoms with Crippen molar-refractivity contribution in [3.63, 3.8) is 0 Å². The average Bonchev–Trinajstić information content (AvgIpc) is 3.00. The number of carbonyl (C=O) groups is 1. The summed E-state index contributed by atoms with van der Waals surface area (Å²) >= 11 is 0. The van der Waals surface area contributed by atoms with Crippen LogP contribution in [0.5, 0.6) is 0 Å². The molecule has 0 aliphatic carbocycles. The minimum absolute atomic E-state index is 0.0245. The monoisotopic (exact) mass is 417 g/mol. The summed E-state index contributed by atoms with van der Waals surface area (Å²) < 4.78 is 43.3. The Balaban J connectivity index is 1.45. The molecule has 2 aromatic rings. The third-order valence-electron chi connectivity index (χ3n) is 5.59. The Morgan fingerprint density at radius 2 is 1.55 bits per heavy atom. The minimum Gasteiger partial charge on any atom is -0.337 e. The minimum atomic E-state index is -3.62. The molecule has 0 spiro atoms. The van der Waals surface area contributed by atoms with Gasteiger partial charge < -0.3 is 4.90 Å². The van der Waals surface area contributed by atoms with E-state index >= 15 is 0 Å². The maximum Gasteiger partial charge on any atom is 0.282 e. The van der Waals surface area contributed by atoms with E-state index in [0.29, 0.717) is 39.0 Å². The SMILES string of the molecule is O=C(c1ccccc1F)N1CCCN(S(=O)(=O)N2CCc3ccccc3C2)CC1. The normalized spacial score (nSPS) is 18.9. The summed E-state index contributed by atoms with van der Waals surface area (Å²) in [6.07, 6.45) is 1.21. The van der Waals surface area contributed by atoms with Crippen molar-refractivity contribution < 1.29 is 17.6 Å². The number of hydrogen-bond donors (Lipinski definition) is 0. The standard InChI is InChI=1S/C21H24FN3O3S/c22-20-9-4-3-8-19(20)21(26)23-11-5-12-24(15-14-23)29(27,28)25-13-10-17-6-1-2-7-18(17)16-25/h1-4,6-9H,5,10-16H2. The molecule has 0 aromatic heterocycles. The Labute approximate surface area is 170 Å². The number of benzene rings is 2. The van der Waals surface area contributed by atoms with E-state index in [-0.39, 0.29) is 18.7 Å². The van der Waals surface area contributed by atoms with E-state index in [4.69, 9.17) is 0 Å². The van der Waals surface area contributed by atoms with E-state index in [1.165, 1.54) is 26.3 Å². The van der Waals surface area contributed by atoms with Crippen molar-refractivity contribution in [3.8, 4) is 0 Å². The number of halogens is 1. The number of fused-ring (bicyclic) bond motifs is 1. The van der Waals surface area contributed by atoms with Gasteiger partial charge in [0.1, 0.15) is 5.82 Å². The summed E-state index contributed by atoms with van der Waals surface area (Å²) in [5.74, 6) is -0.951. The summed E-state index contributed by atoms with van der Waals surface area (Å²) in [4.78, 5) is 14.2. The van der Waals surface area contributed by atoms with Crippen LogP contribution in [0.25, 0.3) is 0 Å². The fourth-order valence-corrected chi connectivity index (χ4v) is 5.59. The van der Waals surface area contributed by atoms with Gasteiger partial charge in [-0.25, -0.2) is 4.39 Å². The summed E-state index contributed by atoms with van der Waals surface area (Å²) in [5.41, 5.74) is 2.25. The van der Waals surface area contributed by atoms with E-state index < -0.39 is 21.9 Å². The van der Waals surface area contributed by atoms with E-state index in [1.54, 1.807) is 17.0 Å². The van der Waals surface area contributed by atoms with Gasteiger partial charge in [0.05, 0.1) is 5.56 Å². The maximum atomic E-state index is 14.0. The molecule has 0 atom stereocenters. The number of hydrogen-bond acceptors (Lipinski definition) is 3. The molecule has 8 heteroatoms. The molecule has 1 saturated heterocycles. The van der Waals surface area contributed by atoms with Gasteiger partial charge in [0.25, 0.3) is 16.1 Å². The van der Waals surface area contributed by atoms with Crippen LogP contribution < -0.4 is 0 Å². The van der Waals surface area contributed by atoms with Gasteiger partial charge in [-0.1, -0.05) is 36.4 Å². The largest absolute Gasteiger partial charge is 0.337 e. The first-order chi connectivity index (χ1) is 14.0. The first kappa shape index (κ1) is 20.0. The van der Waals surface area contributed by atoms with Gasteiger partial charge in [0.15, 0.2) is 0 Å². The molecule has 1 fully saturated rings. The summed E-state index contributed by atoms with van der Waals surface area (Å²) in [6.45, 7) is 2.03. The van der Waals surface area contributed by atoms with Gasteiger partial charge in [-0.05, 0) is 36.1 Å². The van der Waals surface area contributed by atoms with Gasteiger partial charge in [-0.15, -0.1) is 0 Å².